The predicted molar refractivity (Wildman–Crippen MR) is 270 cm³/mol. The number of nitrogens with one attached hydrogen (secondary N) is 2. The Morgan fingerprint density at radius 1 is 0.431 bits per heavy atom. The summed E-state index contributed by atoms with van der Waals surface area (Å²) in [6.45, 7) is 0. The highest BCUT2D eigenvalue weighted by molar-refractivity contribution is 6.11. The van der Waals surface area contributed by atoms with Crippen LogP contribution in [-0.4, -0.2) is 14.1 Å². The van der Waals surface area contributed by atoms with Gasteiger partial charge in [0.15, 0.2) is 0 Å². The summed E-state index contributed by atoms with van der Waals surface area (Å²) in [5.74, 6) is 1.88. The summed E-state index contributed by atoms with van der Waals surface area (Å²) in [5.41, 5.74) is 6.94. The number of nitrogens with zero attached hydrogens (tertiary/aromatic N) is 3. The lowest BCUT2D eigenvalue weighted by molar-refractivity contribution is 0.483. The Hall–Kier alpha value is -8.87. The highest BCUT2D eigenvalue weighted by atomic mass is 16.5. The predicted octanol–water partition coefficient (Wildman–Crippen LogP) is 15.9. The van der Waals surface area contributed by atoms with Gasteiger partial charge in [-0.1, -0.05) is 151 Å². The van der Waals surface area contributed by atoms with E-state index in [1.165, 1.54) is 0 Å². The molecule has 0 aliphatic heterocycles. The van der Waals surface area contributed by atoms with Crippen LogP contribution in [-0.2, 0) is 0 Å². The second kappa shape index (κ2) is 16.1. The zero-order valence-corrected chi connectivity index (χ0v) is 34.5. The van der Waals surface area contributed by atoms with Crippen molar-refractivity contribution in [3.05, 3.63) is 236 Å². The molecule has 6 nitrogen and oxygen atoms in total. The van der Waals surface area contributed by atoms with Gasteiger partial charge in [0.25, 0.3) is 0 Å². The van der Waals surface area contributed by atoms with Crippen molar-refractivity contribution in [1.29, 1.82) is 0 Å². The first-order chi connectivity index (χ1) is 36.4. The summed E-state index contributed by atoms with van der Waals surface area (Å²) >= 11 is 0. The molecule has 0 unspecified atom stereocenters. The van der Waals surface area contributed by atoms with Crippen LogP contribution in [0.5, 0.6) is 11.5 Å². The van der Waals surface area contributed by atoms with E-state index in [4.69, 9.17) is 23.4 Å². The van der Waals surface area contributed by atoms with Gasteiger partial charge < -0.3 is 19.9 Å². The maximum atomic E-state index is 8.90. The summed E-state index contributed by atoms with van der Waals surface area (Å²) in [6, 6.07) is 49.3. The summed E-state index contributed by atoms with van der Waals surface area (Å²) < 4.78 is 97.1. The van der Waals surface area contributed by atoms with Crippen LogP contribution in [0.25, 0.3) is 77.4 Å². The lowest BCUT2D eigenvalue weighted by Crippen LogP contribution is -2.01. The number of ether oxygens (including phenoxy) is 1. The minimum Gasteiger partial charge on any atom is -0.457 e. The molecule has 0 atom stereocenters. The minimum absolute atomic E-state index is 0.129. The van der Waals surface area contributed by atoms with Crippen LogP contribution in [0.1, 0.15) is 13.7 Å². The van der Waals surface area contributed by atoms with E-state index in [-0.39, 0.29) is 27.9 Å². The van der Waals surface area contributed by atoms with E-state index in [9.17, 15) is 0 Å². The van der Waals surface area contributed by atoms with E-state index in [0.717, 1.165) is 55.1 Å². The lowest BCUT2D eigenvalue weighted by atomic mass is 9.95. The Labute approximate surface area is 390 Å². The van der Waals surface area contributed by atoms with Gasteiger partial charge in [0, 0.05) is 68.4 Å². The quantitative estimate of drug-likeness (QED) is 0.144. The smallest absolute Gasteiger partial charge is 0.139 e. The molecule has 65 heavy (non-hydrogen) atoms. The van der Waals surface area contributed by atoms with Crippen molar-refractivity contribution in [1.82, 2.24) is 14.1 Å². The van der Waals surface area contributed by atoms with E-state index in [1.54, 1.807) is 30.3 Å². The third-order valence-corrected chi connectivity index (χ3v) is 11.6. The second-order valence-corrected chi connectivity index (χ2v) is 15.4. The minimum atomic E-state index is -0.565. The average Bonchev–Trinajstić information content (AvgIpc) is 3.98. The average molecular weight is 846 g/mol. The van der Waals surface area contributed by atoms with Gasteiger partial charge in [-0.2, -0.15) is 0 Å². The molecule has 0 aliphatic carbocycles. The topological polar surface area (TPSA) is 56.0 Å². The fourth-order valence-corrected chi connectivity index (χ4v) is 8.73. The van der Waals surface area contributed by atoms with Crippen molar-refractivity contribution in [2.24, 2.45) is 0 Å². The van der Waals surface area contributed by atoms with Crippen molar-refractivity contribution >= 4 is 66.4 Å². The van der Waals surface area contributed by atoms with Gasteiger partial charge in [-0.05, 0) is 71.8 Å². The van der Waals surface area contributed by atoms with Crippen LogP contribution >= 0.6 is 0 Å². The molecule has 12 aromatic rings. The first-order valence-corrected chi connectivity index (χ1v) is 21.0. The van der Waals surface area contributed by atoms with E-state index < -0.39 is 60.4 Å². The SMILES string of the molecule is [2H]c1c([2H])c([2H])c(-c2cccc(-c3c([2H])c([2H])c([2H])c([2H])c3[2H])c2Nc2ccccc2Nc2cccc(Oc3ccc4c5ccccc5n(-c5cc6c(cn5)c5ccccc5n6-c5ccccc5)c4c3)c2)c([2H])c1[2H]. The molecule has 0 amide bonds. The number of benzene rings is 9. The summed E-state index contributed by atoms with van der Waals surface area (Å²) in [7, 11) is 0. The lowest BCUT2D eigenvalue weighted by Gasteiger charge is -2.20. The summed E-state index contributed by atoms with van der Waals surface area (Å²) in [6.07, 6.45) is 1.96. The van der Waals surface area contributed by atoms with Gasteiger partial charge in [-0.25, -0.2) is 4.98 Å². The van der Waals surface area contributed by atoms with E-state index >= 15 is 0 Å². The molecule has 0 bridgehead atoms. The molecule has 9 aromatic carbocycles. The molecule has 3 heterocycles. The maximum absolute atomic E-state index is 8.90. The van der Waals surface area contributed by atoms with Gasteiger partial charge >= 0.3 is 0 Å². The monoisotopic (exact) mass is 845 g/mol. The van der Waals surface area contributed by atoms with Gasteiger partial charge in [0.1, 0.15) is 17.3 Å². The van der Waals surface area contributed by atoms with Crippen LogP contribution in [0, 0.1) is 0 Å². The molecule has 0 saturated heterocycles. The zero-order valence-electron chi connectivity index (χ0n) is 44.5. The molecule has 0 fully saturated rings. The molecule has 2 N–H and O–H groups in total. The van der Waals surface area contributed by atoms with E-state index in [1.807, 2.05) is 85.1 Å². The van der Waals surface area contributed by atoms with E-state index in [2.05, 4.69) is 80.4 Å². The summed E-state index contributed by atoms with van der Waals surface area (Å²) in [5, 5.41) is 11.1. The van der Waals surface area contributed by atoms with Crippen molar-refractivity contribution in [2.45, 2.75) is 0 Å². The Bertz CT molecular complexity index is 4160. The largest absolute Gasteiger partial charge is 0.457 e. The van der Waals surface area contributed by atoms with Crippen molar-refractivity contribution < 1.29 is 18.4 Å². The van der Waals surface area contributed by atoms with Gasteiger partial charge in [-0.3, -0.25) is 4.57 Å². The molecule has 6 heteroatoms. The summed E-state index contributed by atoms with van der Waals surface area (Å²) in [4.78, 5) is 5.10. The molecular weight excluding hydrogens is 795 g/mol. The zero-order chi connectivity index (χ0) is 51.8. The molecule has 0 radical (unpaired) electrons. The Balaban J connectivity index is 0.916. The number of rotatable bonds is 10. The highest BCUT2D eigenvalue weighted by Gasteiger charge is 2.19. The maximum Gasteiger partial charge on any atom is 0.139 e. The first-order valence-electron chi connectivity index (χ1n) is 26.0. The molecule has 12 rings (SSSR count). The number of aromatic nitrogens is 3. The third kappa shape index (κ3) is 6.90. The Morgan fingerprint density at radius 3 is 1.72 bits per heavy atom. The molecule has 3 aromatic heterocycles. The second-order valence-electron chi connectivity index (χ2n) is 15.4. The number of hydrogen-bond donors (Lipinski definition) is 2. The normalized spacial score (nSPS) is 13.5. The number of hydrogen-bond acceptors (Lipinski definition) is 4. The van der Waals surface area contributed by atoms with Crippen LogP contribution in [0.3, 0.4) is 0 Å². The molecule has 0 spiro atoms. The number of pyridine rings is 1. The third-order valence-electron chi connectivity index (χ3n) is 11.6. The number of para-hydroxylation sites is 6. The van der Waals surface area contributed by atoms with Crippen molar-refractivity contribution in [3.63, 3.8) is 0 Å². The van der Waals surface area contributed by atoms with Gasteiger partial charge in [0.05, 0.1) is 52.8 Å². The fraction of sp³-hybridized carbons (Fsp3) is 0. The van der Waals surface area contributed by atoms with Crippen LogP contribution in [0.4, 0.5) is 22.7 Å². The highest BCUT2D eigenvalue weighted by Crippen LogP contribution is 2.42. The molecule has 308 valence electrons. The van der Waals surface area contributed by atoms with Crippen LogP contribution in [0.15, 0.2) is 236 Å². The first kappa shape index (κ1) is 28.7. The number of anilines is 4. The van der Waals surface area contributed by atoms with Crippen molar-refractivity contribution in [3.8, 4) is 45.3 Å². The Morgan fingerprint density at radius 2 is 1.00 bits per heavy atom. The van der Waals surface area contributed by atoms with E-state index in [0.29, 0.717) is 28.6 Å². The molecule has 0 saturated carbocycles. The van der Waals surface area contributed by atoms with Gasteiger partial charge in [0.2, 0.25) is 0 Å². The molecular formula is C59H41N5O. The Kier molecular flexibility index (Phi) is 7.11. The van der Waals surface area contributed by atoms with Crippen LogP contribution < -0.4 is 15.4 Å². The van der Waals surface area contributed by atoms with Gasteiger partial charge in [-0.15, -0.1) is 0 Å². The number of fused-ring (bicyclic) bond motifs is 6. The fourth-order valence-electron chi connectivity index (χ4n) is 8.73. The van der Waals surface area contributed by atoms with Crippen molar-refractivity contribution in [2.75, 3.05) is 10.6 Å². The van der Waals surface area contributed by atoms with Crippen LogP contribution in [0.2, 0.25) is 0 Å². The molecule has 0 aliphatic rings. The standard InChI is InChI=1S/C59H41N5O/c1-4-18-40(19-5-1)46-28-17-29-47(41-20-6-2-7-21-41)59(46)62-53-31-13-12-30-52(53)61-42-22-16-25-44(36-42)65-45-34-35-50-48-26-10-15-33-55(48)64(56(50)37-45)58-38-57-51(39-60-58)49-27-11-14-32-54(49)63(57)43-23-8-3-9-24-43/h1-39,61-62H/i1D,2D,4D,5D,6D,7D,18D,19D,20D,21D.